The van der Waals surface area contributed by atoms with Crippen molar-refractivity contribution in [2.24, 2.45) is 16.6 Å². The highest BCUT2D eigenvalue weighted by Gasteiger charge is 2.49. The molecule has 23 heavy (non-hydrogen) atoms. The van der Waals surface area contributed by atoms with Crippen LogP contribution in [0.1, 0.15) is 33.3 Å². The highest BCUT2D eigenvalue weighted by molar-refractivity contribution is 6.68. The van der Waals surface area contributed by atoms with Crippen molar-refractivity contribution >= 4 is 22.9 Å². The second kappa shape index (κ2) is 6.32. The van der Waals surface area contributed by atoms with Crippen LogP contribution in [0.4, 0.5) is 4.79 Å². The number of ether oxygens (including phenoxy) is 1. The molecule has 0 radical (unpaired) electrons. The summed E-state index contributed by atoms with van der Waals surface area (Å²) in [5.74, 6) is -0.107. The summed E-state index contributed by atoms with van der Waals surface area (Å²) in [6.07, 6.45) is 6.52. The van der Waals surface area contributed by atoms with Crippen LogP contribution < -0.4 is 5.73 Å². The van der Waals surface area contributed by atoms with Crippen molar-refractivity contribution < 1.29 is 9.53 Å². The Hall–Kier alpha value is -1.88. The van der Waals surface area contributed by atoms with E-state index < -0.39 is 17.1 Å². The highest BCUT2D eigenvalue weighted by atomic mass is 35.5. The lowest BCUT2D eigenvalue weighted by atomic mass is 9.61. The molecular formula is C17H22ClN3O2. The standard InChI is InChI=1S/C17H22ClN3O2/c1-11(16(3,4)23-15(19)22)17(13-6-9-20-10-7-13)8-5-14(18)21-12(17)2/h5-12H,1-4H3,(H2,19,22). The zero-order chi connectivity index (χ0) is 17.3. The van der Waals surface area contributed by atoms with Gasteiger partial charge in [0.15, 0.2) is 0 Å². The van der Waals surface area contributed by atoms with Gasteiger partial charge in [-0.1, -0.05) is 24.6 Å². The Labute approximate surface area is 141 Å². The molecular weight excluding hydrogens is 314 g/mol. The number of hydrogen-bond donors (Lipinski definition) is 1. The van der Waals surface area contributed by atoms with Crippen LogP contribution in [0, 0.1) is 5.92 Å². The quantitative estimate of drug-likeness (QED) is 0.915. The maximum Gasteiger partial charge on any atom is 0.405 e. The minimum atomic E-state index is -0.791. The van der Waals surface area contributed by atoms with Crippen molar-refractivity contribution in [1.29, 1.82) is 0 Å². The van der Waals surface area contributed by atoms with Crippen molar-refractivity contribution in [3.05, 3.63) is 42.2 Å². The molecule has 2 heterocycles. The maximum absolute atomic E-state index is 11.3. The lowest BCUT2D eigenvalue weighted by Crippen LogP contribution is -2.53. The summed E-state index contributed by atoms with van der Waals surface area (Å²) in [5, 5.41) is 0.461. The van der Waals surface area contributed by atoms with Crippen molar-refractivity contribution in [2.45, 2.75) is 44.8 Å². The van der Waals surface area contributed by atoms with E-state index >= 15 is 0 Å². The number of hydrogen-bond acceptors (Lipinski definition) is 4. The highest BCUT2D eigenvalue weighted by Crippen LogP contribution is 2.46. The second-order valence-electron chi connectivity index (χ2n) is 6.38. The third-order valence-electron chi connectivity index (χ3n) is 4.81. The van der Waals surface area contributed by atoms with Gasteiger partial charge < -0.3 is 10.5 Å². The molecule has 1 aliphatic heterocycles. The minimum absolute atomic E-state index is 0.107. The number of rotatable bonds is 4. The Kier molecular flexibility index (Phi) is 4.80. The molecule has 0 aliphatic carbocycles. The van der Waals surface area contributed by atoms with Gasteiger partial charge in [-0.3, -0.25) is 9.98 Å². The van der Waals surface area contributed by atoms with Crippen LogP contribution in [-0.4, -0.2) is 27.9 Å². The molecule has 0 fully saturated rings. The van der Waals surface area contributed by atoms with Crippen LogP contribution >= 0.6 is 11.6 Å². The summed E-state index contributed by atoms with van der Waals surface area (Å²) in [6, 6.07) is 3.77. The number of pyridine rings is 1. The van der Waals surface area contributed by atoms with Crippen LogP contribution in [0.5, 0.6) is 0 Å². The molecule has 0 spiro atoms. The van der Waals surface area contributed by atoms with E-state index in [1.807, 2.05) is 45.9 Å². The predicted molar refractivity (Wildman–Crippen MR) is 91.7 cm³/mol. The van der Waals surface area contributed by atoms with E-state index in [0.29, 0.717) is 5.17 Å². The summed E-state index contributed by atoms with van der Waals surface area (Å²) < 4.78 is 5.38. The normalized spacial score (nSPS) is 25.6. The smallest absolute Gasteiger partial charge is 0.405 e. The van der Waals surface area contributed by atoms with Gasteiger partial charge in [-0.15, -0.1) is 0 Å². The molecule has 1 aromatic rings. The number of carbonyl (C=O) groups excluding carboxylic acids is 1. The van der Waals surface area contributed by atoms with Gasteiger partial charge in [0.2, 0.25) is 0 Å². The van der Waals surface area contributed by atoms with E-state index in [0.717, 1.165) is 5.56 Å². The summed E-state index contributed by atoms with van der Waals surface area (Å²) in [6.45, 7) is 7.74. The van der Waals surface area contributed by atoms with Crippen LogP contribution in [-0.2, 0) is 10.2 Å². The molecule has 0 aromatic carbocycles. The average Bonchev–Trinajstić information content (AvgIpc) is 2.47. The molecule has 3 atom stereocenters. The van der Waals surface area contributed by atoms with Crippen molar-refractivity contribution in [3.63, 3.8) is 0 Å². The first-order valence-electron chi connectivity index (χ1n) is 7.51. The van der Waals surface area contributed by atoms with Crippen LogP contribution in [0.25, 0.3) is 0 Å². The fourth-order valence-electron chi connectivity index (χ4n) is 3.34. The Morgan fingerprint density at radius 1 is 1.43 bits per heavy atom. The maximum atomic E-state index is 11.3. The zero-order valence-electron chi connectivity index (χ0n) is 13.8. The Bertz CT molecular complexity index is 642. The zero-order valence-corrected chi connectivity index (χ0v) is 14.5. The van der Waals surface area contributed by atoms with E-state index in [2.05, 4.69) is 9.98 Å². The van der Waals surface area contributed by atoms with E-state index in [9.17, 15) is 4.79 Å². The molecule has 1 amide bonds. The number of halogens is 1. The number of nitrogens with two attached hydrogens (primary N) is 1. The first-order valence-corrected chi connectivity index (χ1v) is 7.89. The number of allylic oxidation sites excluding steroid dienone is 1. The summed E-state index contributed by atoms with van der Waals surface area (Å²) in [5.41, 5.74) is 5.02. The fraction of sp³-hybridized carbons (Fsp3) is 0.471. The molecule has 2 rings (SSSR count). The van der Waals surface area contributed by atoms with Gasteiger partial charge in [-0.05, 0) is 44.5 Å². The molecule has 124 valence electrons. The Morgan fingerprint density at radius 2 is 2.04 bits per heavy atom. The monoisotopic (exact) mass is 335 g/mol. The lowest BCUT2D eigenvalue weighted by Gasteiger charge is -2.47. The molecule has 3 unspecified atom stereocenters. The molecule has 2 N–H and O–H groups in total. The third-order valence-corrected chi connectivity index (χ3v) is 5.03. The molecule has 1 aromatic heterocycles. The van der Waals surface area contributed by atoms with Crippen molar-refractivity contribution in [1.82, 2.24) is 4.98 Å². The predicted octanol–water partition coefficient (Wildman–Crippen LogP) is 3.43. The molecule has 6 heteroatoms. The van der Waals surface area contributed by atoms with Crippen molar-refractivity contribution in [3.8, 4) is 0 Å². The van der Waals surface area contributed by atoms with Gasteiger partial charge in [-0.25, -0.2) is 4.79 Å². The fourth-order valence-corrected chi connectivity index (χ4v) is 3.55. The van der Waals surface area contributed by atoms with Gasteiger partial charge in [0.1, 0.15) is 10.8 Å². The third kappa shape index (κ3) is 3.24. The number of aliphatic imine (C=N–C) groups is 1. The Balaban J connectivity index is 2.56. The largest absolute Gasteiger partial charge is 0.443 e. The van der Waals surface area contributed by atoms with Gasteiger partial charge >= 0.3 is 6.09 Å². The average molecular weight is 336 g/mol. The van der Waals surface area contributed by atoms with E-state index in [1.165, 1.54) is 0 Å². The SMILES string of the molecule is CC1N=C(Cl)C=CC1(c1ccncc1)C(C)C(C)(C)OC(N)=O. The number of nitrogens with zero attached hydrogens (tertiary/aromatic N) is 2. The molecule has 1 aliphatic rings. The lowest BCUT2D eigenvalue weighted by molar-refractivity contribution is -0.0206. The van der Waals surface area contributed by atoms with Crippen LogP contribution in [0.15, 0.2) is 41.7 Å². The molecule has 5 nitrogen and oxygen atoms in total. The number of primary amides is 1. The van der Waals surface area contributed by atoms with Gasteiger partial charge in [0.25, 0.3) is 0 Å². The molecule has 0 bridgehead atoms. The van der Waals surface area contributed by atoms with Gasteiger partial charge in [-0.2, -0.15) is 0 Å². The summed E-state index contributed by atoms with van der Waals surface area (Å²) in [4.78, 5) is 19.9. The Morgan fingerprint density at radius 3 is 2.57 bits per heavy atom. The molecule has 0 saturated carbocycles. The van der Waals surface area contributed by atoms with E-state index in [4.69, 9.17) is 22.1 Å². The summed E-state index contributed by atoms with van der Waals surface area (Å²) >= 11 is 6.08. The summed E-state index contributed by atoms with van der Waals surface area (Å²) in [7, 11) is 0. The van der Waals surface area contributed by atoms with Gasteiger partial charge in [0, 0.05) is 23.7 Å². The first-order chi connectivity index (χ1) is 10.7. The van der Waals surface area contributed by atoms with E-state index in [1.54, 1.807) is 18.5 Å². The van der Waals surface area contributed by atoms with Gasteiger partial charge in [0.05, 0.1) is 6.04 Å². The number of dihydropyridines is 1. The van der Waals surface area contributed by atoms with Crippen LogP contribution in [0.3, 0.4) is 0 Å². The number of aromatic nitrogens is 1. The topological polar surface area (TPSA) is 77.6 Å². The van der Waals surface area contributed by atoms with E-state index in [-0.39, 0.29) is 12.0 Å². The first kappa shape index (κ1) is 17.5. The second-order valence-corrected chi connectivity index (χ2v) is 6.76. The minimum Gasteiger partial charge on any atom is -0.443 e. The number of carbonyl (C=O) groups is 1. The van der Waals surface area contributed by atoms with Crippen molar-refractivity contribution in [2.75, 3.05) is 0 Å². The number of amides is 1. The molecule has 0 saturated heterocycles. The van der Waals surface area contributed by atoms with Crippen LogP contribution in [0.2, 0.25) is 0 Å².